The number of aromatic hydroxyl groups is 1. The highest BCUT2D eigenvalue weighted by molar-refractivity contribution is 5.91. The molecule has 3 saturated heterocycles. The zero-order valence-electron chi connectivity index (χ0n) is 64.6. The lowest BCUT2D eigenvalue weighted by Gasteiger charge is -2.29. The third-order valence-corrected chi connectivity index (χ3v) is 16.9. The largest absolute Gasteiger partial charge is 0.508 e. The molecule has 0 bridgehead atoms. The number of aliphatic hydroxyl groups excluding tert-OH is 2. The van der Waals surface area contributed by atoms with E-state index in [1.165, 1.54) is 36.4 Å². The Labute approximate surface area is 646 Å². The average molecular weight is 1510 g/mol. The van der Waals surface area contributed by atoms with Crippen LogP contribution >= 0.6 is 0 Å². The van der Waals surface area contributed by atoms with Crippen LogP contribution in [0.4, 0.5) is 0 Å². The summed E-state index contributed by atoms with van der Waals surface area (Å²) in [5.41, 5.74) is 4.96. The SMILES string of the molecule is CN(C)CCO.CN(C)CCOc1ccc(C(=O)O)cc1.CN(C)CCOc1ccc(C(=O)OCc2ccccc2)cc1.CN1CCC(O)CC1.CN1CCC(Oc2ccc(C(=O)O)cc2)CC1.CN1CCC(Oc2ccc(C(=O)OCc3ccccc3)cc2)CC1.O=C(OCc1ccccc1)c1ccc(O)cc1.[HH].[HH]. The van der Waals surface area contributed by atoms with E-state index in [0.717, 1.165) is 131 Å². The fourth-order valence-corrected chi connectivity index (χ4v) is 10.2. The van der Waals surface area contributed by atoms with Crippen molar-refractivity contribution in [2.24, 2.45) is 0 Å². The summed E-state index contributed by atoms with van der Waals surface area (Å²) in [6.45, 7) is 11.1. The molecule has 8 aromatic rings. The fourth-order valence-electron chi connectivity index (χ4n) is 10.2. The molecule has 11 rings (SSSR count). The number of esters is 3. The van der Waals surface area contributed by atoms with Crippen LogP contribution in [0, 0.1) is 0 Å². The van der Waals surface area contributed by atoms with Gasteiger partial charge in [-0.2, -0.15) is 0 Å². The first-order valence-electron chi connectivity index (χ1n) is 36.6. The zero-order chi connectivity index (χ0) is 79.1. The minimum absolute atomic E-state index is 0. The number of rotatable bonds is 25. The van der Waals surface area contributed by atoms with Crippen molar-refractivity contribution in [2.75, 3.05) is 142 Å². The van der Waals surface area contributed by atoms with Crippen LogP contribution < -0.4 is 18.9 Å². The molecule has 3 aliphatic rings. The van der Waals surface area contributed by atoms with Gasteiger partial charge in [-0.15, -0.1) is 0 Å². The number of carboxylic acids is 2. The van der Waals surface area contributed by atoms with Crippen LogP contribution in [0.3, 0.4) is 0 Å². The first kappa shape index (κ1) is 89.4. The molecular weight excluding hydrogens is 1390 g/mol. The molecule has 0 unspecified atom stereocenters. The third-order valence-electron chi connectivity index (χ3n) is 16.9. The number of phenols is 1. The normalized spacial score (nSPS) is 13.9. The van der Waals surface area contributed by atoms with E-state index in [0.29, 0.717) is 41.2 Å². The van der Waals surface area contributed by atoms with E-state index in [2.05, 4.69) is 40.7 Å². The Hall–Kier alpha value is -10.2. The van der Waals surface area contributed by atoms with Crippen molar-refractivity contribution in [3.8, 4) is 28.7 Å². The van der Waals surface area contributed by atoms with E-state index in [-0.39, 0.29) is 70.8 Å². The predicted molar refractivity (Wildman–Crippen MR) is 427 cm³/mol. The summed E-state index contributed by atoms with van der Waals surface area (Å²) in [5.74, 6) is 0.273. The molecule has 109 heavy (non-hydrogen) atoms. The maximum atomic E-state index is 12.1. The molecule has 3 aliphatic heterocycles. The number of benzene rings is 8. The number of carbonyl (C=O) groups excluding carboxylic acids is 3. The summed E-state index contributed by atoms with van der Waals surface area (Å²) in [6, 6.07) is 62.0. The van der Waals surface area contributed by atoms with E-state index in [1.54, 1.807) is 72.8 Å². The zero-order valence-corrected chi connectivity index (χ0v) is 64.6. The number of piperidine rings is 3. The molecule has 0 aliphatic carbocycles. The lowest BCUT2D eigenvalue weighted by molar-refractivity contribution is 0.0464. The van der Waals surface area contributed by atoms with Crippen LogP contribution in [0.1, 0.15) is 110 Å². The Morgan fingerprint density at radius 2 is 0.642 bits per heavy atom. The van der Waals surface area contributed by atoms with Crippen LogP contribution in [-0.4, -0.2) is 245 Å². The minimum atomic E-state index is -0.921. The molecule has 0 spiro atoms. The third kappa shape index (κ3) is 38.9. The molecule has 23 nitrogen and oxygen atoms in total. The van der Waals surface area contributed by atoms with Crippen LogP contribution in [0.25, 0.3) is 0 Å². The first-order chi connectivity index (χ1) is 52.4. The smallest absolute Gasteiger partial charge is 0.338 e. The Morgan fingerprint density at radius 1 is 0.376 bits per heavy atom. The molecule has 0 radical (unpaired) electrons. The van der Waals surface area contributed by atoms with E-state index in [4.69, 9.17) is 58.7 Å². The van der Waals surface area contributed by atoms with Gasteiger partial charge in [-0.1, -0.05) is 91.0 Å². The molecule has 8 aromatic carbocycles. The van der Waals surface area contributed by atoms with Gasteiger partial charge in [0.2, 0.25) is 0 Å². The van der Waals surface area contributed by atoms with E-state index in [1.807, 2.05) is 155 Å². The minimum Gasteiger partial charge on any atom is -0.508 e. The molecular formula is C86H116N6O17. The Kier molecular flexibility index (Phi) is 42.0. The summed E-state index contributed by atoms with van der Waals surface area (Å²) in [4.78, 5) is 69.8. The number of phenolic OH excluding ortho intramolecular Hbond substituents is 1. The Balaban J connectivity index is 0.000000345. The van der Waals surface area contributed by atoms with Gasteiger partial charge in [-0.3, -0.25) is 0 Å². The van der Waals surface area contributed by atoms with Gasteiger partial charge < -0.3 is 88.1 Å². The highest BCUT2D eigenvalue weighted by Crippen LogP contribution is 2.23. The quantitative estimate of drug-likeness (QED) is 0.0263. The monoisotopic (exact) mass is 1500 g/mol. The summed E-state index contributed by atoms with van der Waals surface area (Å²) in [6.07, 6.45) is 6.53. The van der Waals surface area contributed by atoms with E-state index >= 15 is 0 Å². The number of aliphatic hydroxyl groups is 2. The van der Waals surface area contributed by atoms with Crippen LogP contribution in [0.2, 0.25) is 0 Å². The van der Waals surface area contributed by atoms with Gasteiger partial charge in [-0.25, -0.2) is 24.0 Å². The maximum absolute atomic E-state index is 12.1. The number of hydrogen-bond acceptors (Lipinski definition) is 21. The van der Waals surface area contributed by atoms with Crippen LogP contribution in [0.5, 0.6) is 28.7 Å². The highest BCUT2D eigenvalue weighted by Gasteiger charge is 2.20. The molecule has 0 amide bonds. The molecule has 0 atom stereocenters. The molecule has 3 fully saturated rings. The van der Waals surface area contributed by atoms with Crippen molar-refractivity contribution < 1.29 is 85.5 Å². The first-order valence-corrected chi connectivity index (χ1v) is 36.6. The van der Waals surface area contributed by atoms with Crippen molar-refractivity contribution in [3.05, 3.63) is 257 Å². The molecule has 23 heteroatoms. The number of likely N-dealkylation sites (N-methyl/N-ethyl adjacent to an activating group) is 3. The van der Waals surface area contributed by atoms with Crippen molar-refractivity contribution >= 4 is 29.8 Å². The van der Waals surface area contributed by atoms with Crippen LogP contribution in [0.15, 0.2) is 212 Å². The number of hydrogen-bond donors (Lipinski definition) is 5. The molecule has 5 N–H and O–H groups in total. The topological polar surface area (TPSA) is 271 Å². The van der Waals surface area contributed by atoms with Crippen molar-refractivity contribution in [3.63, 3.8) is 0 Å². The van der Waals surface area contributed by atoms with E-state index in [9.17, 15) is 24.0 Å². The van der Waals surface area contributed by atoms with Gasteiger partial charge in [0.05, 0.1) is 40.5 Å². The second-order valence-corrected chi connectivity index (χ2v) is 27.0. The number of ether oxygens (including phenoxy) is 7. The second kappa shape index (κ2) is 51.2. The summed E-state index contributed by atoms with van der Waals surface area (Å²) >= 11 is 0. The van der Waals surface area contributed by atoms with E-state index < -0.39 is 17.9 Å². The summed E-state index contributed by atoms with van der Waals surface area (Å²) in [5, 5.41) is 43.7. The summed E-state index contributed by atoms with van der Waals surface area (Å²) in [7, 11) is 18.1. The van der Waals surface area contributed by atoms with Gasteiger partial charge in [0.1, 0.15) is 74.0 Å². The number of carbonyl (C=O) groups is 5. The number of carboxylic acid groups (broad SMARTS) is 2. The standard InChI is InChI=1S/C20H23NO3.C18H21NO3.C14H12O3.C13H17NO3.C11H15NO3.C6H13NO.C4H11NO.2H2/c1-21-13-11-19(12-14-21)24-18-9-7-17(8-10-18)20(22)23-15-16-5-3-2-4-6-16;1-19(2)12-13-21-17-10-8-16(9-11-17)18(20)22-14-15-6-4-3-5-7-15;15-13-8-6-12(7-9-13)14(16)17-10-11-4-2-1-3-5-11;1-14-8-6-12(7-9-14)17-11-4-2-10(3-5-11)13(15)16;1-12(2)7-8-15-10-5-3-9(4-6-10)11(13)14;1-7-4-2-6(8)3-5-7;1-5(2)3-4-6;;/h2-10,19H,11-15H2,1H3;3-11H,12-14H2,1-2H3;1-9,15H,10H2;2-5,12H,6-9H2,1H3,(H,15,16);3-6H,7-8H2,1-2H3,(H,13,14);6,8H,2-5H2,1H3;6H,3-4H2,1-2H3;2*1H. The van der Waals surface area contributed by atoms with Gasteiger partial charge in [0.25, 0.3) is 0 Å². The predicted octanol–water partition coefficient (Wildman–Crippen LogP) is 12.5. The highest BCUT2D eigenvalue weighted by atomic mass is 16.5. The number of aromatic carboxylic acids is 2. The van der Waals surface area contributed by atoms with Gasteiger partial charge >= 0.3 is 29.8 Å². The molecule has 3 heterocycles. The lowest BCUT2D eigenvalue weighted by atomic mass is 10.1. The number of nitrogens with zero attached hydrogens (tertiary/aromatic N) is 6. The lowest BCUT2D eigenvalue weighted by Crippen LogP contribution is -2.35. The number of likely N-dealkylation sites (tertiary alicyclic amines) is 3. The van der Waals surface area contributed by atoms with Gasteiger partial charge in [0.15, 0.2) is 0 Å². The average Bonchev–Trinajstić information content (AvgIpc) is 0.875. The fraction of sp³-hybridized carbons (Fsp3) is 0.384. The van der Waals surface area contributed by atoms with Crippen molar-refractivity contribution in [1.82, 2.24) is 29.4 Å². The maximum Gasteiger partial charge on any atom is 0.338 e. The Morgan fingerprint density at radius 3 is 0.899 bits per heavy atom. The second-order valence-electron chi connectivity index (χ2n) is 27.0. The summed E-state index contributed by atoms with van der Waals surface area (Å²) < 4.78 is 38.6. The Bertz CT molecular complexity index is 3780. The van der Waals surface area contributed by atoms with Crippen LogP contribution in [-0.2, 0) is 34.0 Å². The van der Waals surface area contributed by atoms with Crippen molar-refractivity contribution in [1.29, 1.82) is 0 Å². The van der Waals surface area contributed by atoms with Gasteiger partial charge in [-0.05, 0) is 240 Å². The van der Waals surface area contributed by atoms with Crippen molar-refractivity contribution in [2.45, 2.75) is 76.7 Å². The molecule has 0 aromatic heterocycles. The molecule has 0 saturated carbocycles. The molecule has 592 valence electrons. The van der Waals surface area contributed by atoms with Gasteiger partial charge in [0, 0.05) is 61.8 Å².